The van der Waals surface area contributed by atoms with Gasteiger partial charge in [0, 0.05) is 29.5 Å². The summed E-state index contributed by atoms with van der Waals surface area (Å²) in [5, 5.41) is 14.0. The molecule has 1 aliphatic rings. The van der Waals surface area contributed by atoms with Gasteiger partial charge in [-0.1, -0.05) is 30.3 Å². The van der Waals surface area contributed by atoms with Crippen molar-refractivity contribution in [1.29, 1.82) is 0 Å². The Balaban J connectivity index is 1.57. The molecule has 1 aliphatic heterocycles. The maximum absolute atomic E-state index is 13.7. The van der Waals surface area contributed by atoms with Crippen LogP contribution >= 0.6 is 0 Å². The summed E-state index contributed by atoms with van der Waals surface area (Å²) in [5.41, 5.74) is 0.846. The Kier molecular flexibility index (Phi) is 6.20. The Morgan fingerprint density at radius 1 is 1.17 bits per heavy atom. The van der Waals surface area contributed by atoms with Gasteiger partial charge in [0.1, 0.15) is 18.0 Å². The lowest BCUT2D eigenvalue weighted by atomic mass is 9.94. The van der Waals surface area contributed by atoms with Gasteiger partial charge in [-0.3, -0.25) is 14.6 Å². The fourth-order valence-electron chi connectivity index (χ4n) is 4.66. The number of aryl methyl sites for hydroxylation is 1. The molecule has 0 spiro atoms. The number of rotatable bonds is 9. The zero-order chi connectivity index (χ0) is 25.2. The van der Waals surface area contributed by atoms with Crippen molar-refractivity contribution in [3.63, 3.8) is 0 Å². The van der Waals surface area contributed by atoms with Crippen LogP contribution in [0.2, 0.25) is 0 Å². The number of hydrogen-bond donors (Lipinski definition) is 1. The van der Waals surface area contributed by atoms with Crippen molar-refractivity contribution in [2.75, 3.05) is 20.8 Å². The highest BCUT2D eigenvalue weighted by Crippen LogP contribution is 2.45. The maximum Gasteiger partial charge on any atom is 0.241 e. The van der Waals surface area contributed by atoms with Crippen molar-refractivity contribution in [2.24, 2.45) is 0 Å². The highest BCUT2D eigenvalue weighted by atomic mass is 16.5. The van der Waals surface area contributed by atoms with Crippen LogP contribution in [0, 0.1) is 0 Å². The van der Waals surface area contributed by atoms with E-state index in [4.69, 9.17) is 13.9 Å². The van der Waals surface area contributed by atoms with Crippen LogP contribution in [0.15, 0.2) is 83.0 Å². The molecule has 4 aromatic rings. The van der Waals surface area contributed by atoms with E-state index in [0.29, 0.717) is 35.6 Å². The van der Waals surface area contributed by atoms with Gasteiger partial charge in [0.2, 0.25) is 18.0 Å². The molecule has 9 nitrogen and oxygen atoms in total. The Hall–Kier alpha value is -4.53. The lowest BCUT2D eigenvalue weighted by Crippen LogP contribution is -2.37. The minimum absolute atomic E-state index is 0.00365. The smallest absolute Gasteiger partial charge is 0.241 e. The standard InChI is InChI=1S/C27H25N3O6/c1-34-20-10-5-8-18(26(20)35-2)23-22(24(31)21-15-17-7-3-4-9-19(17)36-21)25(32)27(33)30(23)13-6-12-29-14-11-28-16-29/h3-5,7-11,14-16,23H,6,12-13H2,1-2H3,(H,31,32). The number of ketones is 1. The number of ether oxygens (including phenoxy) is 2. The van der Waals surface area contributed by atoms with E-state index in [0.717, 1.165) is 5.39 Å². The van der Waals surface area contributed by atoms with Crippen LogP contribution < -0.4 is 19.1 Å². The third kappa shape index (κ3) is 3.98. The fourth-order valence-corrected chi connectivity index (χ4v) is 4.66. The monoisotopic (exact) mass is 487 g/mol. The van der Waals surface area contributed by atoms with E-state index in [9.17, 15) is 14.7 Å². The lowest BCUT2D eigenvalue weighted by Gasteiger charge is -2.29. The predicted octanol–water partition coefficient (Wildman–Crippen LogP) is 2.54. The van der Waals surface area contributed by atoms with Crippen molar-refractivity contribution < 1.29 is 33.2 Å². The van der Waals surface area contributed by atoms with Crippen LogP contribution in [0.25, 0.3) is 11.0 Å². The topological polar surface area (TPSA) is 112 Å². The first kappa shape index (κ1) is 23.2. The number of aromatic nitrogens is 2. The van der Waals surface area contributed by atoms with Gasteiger partial charge >= 0.3 is 0 Å². The summed E-state index contributed by atoms with van der Waals surface area (Å²) in [4.78, 5) is 31.4. The van der Waals surface area contributed by atoms with Crippen molar-refractivity contribution in [3.05, 3.63) is 89.9 Å². The number of carbonyl (C=O) groups is 2. The Bertz CT molecular complexity index is 1420. The number of H-pyrrole nitrogens is 1. The first-order chi connectivity index (χ1) is 17.5. The zero-order valence-electron chi connectivity index (χ0n) is 19.9. The normalized spacial score (nSPS) is 15.7. The highest BCUT2D eigenvalue weighted by Gasteiger charge is 2.42. The average Bonchev–Trinajstić information content (AvgIpc) is 3.63. The second-order valence-electron chi connectivity index (χ2n) is 8.41. The molecule has 0 bridgehead atoms. The molecule has 1 N–H and O–H groups in total. The molecule has 0 fully saturated rings. The molecule has 1 amide bonds. The van der Waals surface area contributed by atoms with Crippen molar-refractivity contribution in [1.82, 2.24) is 9.88 Å². The van der Waals surface area contributed by atoms with E-state index in [-0.39, 0.29) is 17.9 Å². The molecule has 2 aromatic carbocycles. The van der Waals surface area contributed by atoms with E-state index >= 15 is 0 Å². The van der Waals surface area contributed by atoms with Gasteiger partial charge in [-0.25, -0.2) is 4.57 Å². The Morgan fingerprint density at radius 2 is 2.00 bits per heavy atom. The first-order valence-electron chi connectivity index (χ1n) is 11.5. The number of benzene rings is 2. The molecule has 0 aliphatic carbocycles. The molecular formula is C27H25N3O6. The third-order valence-corrected chi connectivity index (χ3v) is 6.32. The van der Waals surface area contributed by atoms with E-state index < -0.39 is 23.5 Å². The number of hydrogen-bond acceptors (Lipinski definition) is 6. The number of nitrogens with zero attached hydrogens (tertiary/aromatic N) is 2. The SMILES string of the molecule is COc1cccc(C2C(C(=O)c3cc4ccccc4o3)=C([O-])C(=O)N2CCC[n+]2cc[nH]c2)c1OC. The lowest BCUT2D eigenvalue weighted by molar-refractivity contribution is -0.695. The van der Waals surface area contributed by atoms with E-state index in [1.807, 2.05) is 29.2 Å². The second kappa shape index (κ2) is 9.61. The number of carbonyl (C=O) groups excluding carboxylic acids is 2. The van der Waals surface area contributed by atoms with Crippen LogP contribution in [0.4, 0.5) is 0 Å². The number of methoxy groups -OCH3 is 2. The highest BCUT2D eigenvalue weighted by molar-refractivity contribution is 6.15. The Morgan fingerprint density at radius 3 is 2.72 bits per heavy atom. The number of aromatic amines is 1. The van der Waals surface area contributed by atoms with Crippen molar-refractivity contribution in [2.45, 2.75) is 19.0 Å². The van der Waals surface area contributed by atoms with Gasteiger partial charge in [0.15, 0.2) is 17.3 Å². The Labute approximate surface area is 207 Å². The third-order valence-electron chi connectivity index (χ3n) is 6.32. The minimum Gasteiger partial charge on any atom is -0.868 e. The number of fused-ring (bicyclic) bond motifs is 1. The summed E-state index contributed by atoms with van der Waals surface area (Å²) in [6.45, 7) is 0.876. The molecule has 184 valence electrons. The fraction of sp³-hybridized carbons (Fsp3) is 0.222. The first-order valence-corrected chi connectivity index (χ1v) is 11.5. The number of nitrogens with one attached hydrogen (secondary N) is 1. The summed E-state index contributed by atoms with van der Waals surface area (Å²) in [6.07, 6.45) is 6.05. The molecule has 2 aromatic heterocycles. The molecule has 0 saturated carbocycles. The summed E-state index contributed by atoms with van der Waals surface area (Å²) in [7, 11) is 2.98. The van der Waals surface area contributed by atoms with Crippen LogP contribution in [0.3, 0.4) is 0 Å². The van der Waals surface area contributed by atoms with E-state index in [1.54, 1.807) is 42.6 Å². The maximum atomic E-state index is 13.7. The summed E-state index contributed by atoms with van der Waals surface area (Å²) < 4.78 is 18.8. The van der Waals surface area contributed by atoms with Crippen LogP contribution in [0.5, 0.6) is 11.5 Å². The molecular weight excluding hydrogens is 462 g/mol. The van der Waals surface area contributed by atoms with Crippen LogP contribution in [-0.2, 0) is 11.3 Å². The van der Waals surface area contributed by atoms with Crippen molar-refractivity contribution >= 4 is 22.7 Å². The average molecular weight is 488 g/mol. The second-order valence-corrected chi connectivity index (χ2v) is 8.41. The molecule has 0 radical (unpaired) electrons. The number of amides is 1. The van der Waals surface area contributed by atoms with Crippen molar-refractivity contribution in [3.8, 4) is 11.5 Å². The molecule has 0 saturated heterocycles. The van der Waals surface area contributed by atoms with Gasteiger partial charge in [-0.05, 0) is 24.0 Å². The molecule has 1 unspecified atom stereocenters. The van der Waals surface area contributed by atoms with Crippen LogP contribution in [-0.4, -0.2) is 42.3 Å². The van der Waals surface area contributed by atoms with E-state index in [1.165, 1.54) is 19.1 Å². The van der Waals surface area contributed by atoms with Gasteiger partial charge in [-0.15, -0.1) is 0 Å². The van der Waals surface area contributed by atoms with Gasteiger partial charge in [0.05, 0.1) is 26.8 Å². The number of furan rings is 1. The largest absolute Gasteiger partial charge is 0.868 e. The molecule has 3 heterocycles. The molecule has 36 heavy (non-hydrogen) atoms. The predicted molar refractivity (Wildman–Crippen MR) is 127 cm³/mol. The van der Waals surface area contributed by atoms with Gasteiger partial charge < -0.3 is 23.9 Å². The van der Waals surface area contributed by atoms with E-state index in [2.05, 4.69) is 4.98 Å². The number of para-hydroxylation sites is 2. The minimum atomic E-state index is -0.952. The van der Waals surface area contributed by atoms with Gasteiger partial charge in [0.25, 0.3) is 0 Å². The quantitative estimate of drug-likeness (QED) is 0.287. The summed E-state index contributed by atoms with van der Waals surface area (Å²) >= 11 is 0. The molecule has 1 atom stereocenters. The molecule has 5 rings (SSSR count). The summed E-state index contributed by atoms with van der Waals surface area (Å²) in [6, 6.07) is 13.0. The zero-order valence-corrected chi connectivity index (χ0v) is 19.9. The molecule has 9 heteroatoms. The van der Waals surface area contributed by atoms with Gasteiger partial charge in [-0.2, -0.15) is 0 Å². The number of Topliss-reactive ketones (excluding diaryl/α,β-unsaturated/α-hetero) is 1. The summed E-state index contributed by atoms with van der Waals surface area (Å²) in [5.74, 6) is -1.41. The number of imidazole rings is 1. The van der Waals surface area contributed by atoms with Crippen LogP contribution in [0.1, 0.15) is 28.6 Å².